The van der Waals surface area contributed by atoms with Crippen molar-refractivity contribution in [3.05, 3.63) is 0 Å². The van der Waals surface area contributed by atoms with Gasteiger partial charge >= 0.3 is 12.1 Å². The van der Waals surface area contributed by atoms with Gasteiger partial charge in [-0.05, 0) is 19.8 Å². The number of rotatable bonds is 1. The molecule has 0 aliphatic carbocycles. The van der Waals surface area contributed by atoms with Gasteiger partial charge in [-0.25, -0.2) is 9.59 Å². The van der Waals surface area contributed by atoms with Crippen molar-refractivity contribution < 1.29 is 19.8 Å². The summed E-state index contributed by atoms with van der Waals surface area (Å²) in [6, 6.07) is 0. The fourth-order valence-corrected chi connectivity index (χ4v) is 1.49. The van der Waals surface area contributed by atoms with Gasteiger partial charge in [-0.1, -0.05) is 0 Å². The van der Waals surface area contributed by atoms with Crippen LogP contribution < -0.4 is 0 Å². The van der Waals surface area contributed by atoms with Crippen molar-refractivity contribution in [1.82, 2.24) is 4.90 Å². The van der Waals surface area contributed by atoms with Crippen molar-refractivity contribution in [2.45, 2.75) is 25.3 Å². The van der Waals surface area contributed by atoms with E-state index in [1.807, 2.05) is 0 Å². The van der Waals surface area contributed by atoms with E-state index in [-0.39, 0.29) is 0 Å². The van der Waals surface area contributed by atoms with E-state index < -0.39 is 17.6 Å². The quantitative estimate of drug-likeness (QED) is 0.608. The monoisotopic (exact) mass is 173 g/mol. The van der Waals surface area contributed by atoms with Crippen LogP contribution in [0.4, 0.5) is 4.79 Å². The molecule has 5 nitrogen and oxygen atoms in total. The summed E-state index contributed by atoms with van der Waals surface area (Å²) >= 11 is 0. The van der Waals surface area contributed by atoms with Crippen LogP contribution in [-0.2, 0) is 4.79 Å². The van der Waals surface area contributed by atoms with Gasteiger partial charge in [0, 0.05) is 6.54 Å². The van der Waals surface area contributed by atoms with Crippen LogP contribution in [0.1, 0.15) is 19.8 Å². The predicted octanol–water partition coefficient (Wildman–Crippen LogP) is 0.604. The molecule has 2 N–H and O–H groups in total. The van der Waals surface area contributed by atoms with E-state index in [0.29, 0.717) is 19.4 Å². The van der Waals surface area contributed by atoms with Crippen LogP contribution in [0.15, 0.2) is 0 Å². The van der Waals surface area contributed by atoms with Gasteiger partial charge in [0.2, 0.25) is 0 Å². The summed E-state index contributed by atoms with van der Waals surface area (Å²) in [6.45, 7) is 1.76. The number of carboxylic acid groups (broad SMARTS) is 2. The number of hydrogen-bond donors (Lipinski definition) is 2. The van der Waals surface area contributed by atoms with Gasteiger partial charge < -0.3 is 10.2 Å². The van der Waals surface area contributed by atoms with Crippen LogP contribution in [0.3, 0.4) is 0 Å². The average Bonchev–Trinajstić information content (AvgIpc) is 2.32. The van der Waals surface area contributed by atoms with Crippen molar-refractivity contribution in [3.63, 3.8) is 0 Å². The third-order valence-corrected chi connectivity index (χ3v) is 2.33. The first-order valence-corrected chi connectivity index (χ1v) is 3.72. The van der Waals surface area contributed by atoms with Gasteiger partial charge in [-0.3, -0.25) is 4.90 Å². The van der Waals surface area contributed by atoms with Gasteiger partial charge in [0.05, 0.1) is 0 Å². The van der Waals surface area contributed by atoms with Crippen LogP contribution in [0.5, 0.6) is 0 Å². The topological polar surface area (TPSA) is 77.8 Å². The number of aliphatic carboxylic acids is 1. The molecule has 12 heavy (non-hydrogen) atoms. The number of nitrogens with zero attached hydrogens (tertiary/aromatic N) is 1. The highest BCUT2D eigenvalue weighted by atomic mass is 16.4. The minimum absolute atomic E-state index is 0.318. The number of carbonyl (C=O) groups is 2. The fourth-order valence-electron chi connectivity index (χ4n) is 1.49. The number of carboxylic acids is 1. The van der Waals surface area contributed by atoms with E-state index in [1.54, 1.807) is 0 Å². The zero-order valence-corrected chi connectivity index (χ0v) is 6.78. The molecule has 1 atom stereocenters. The van der Waals surface area contributed by atoms with Gasteiger partial charge in [-0.15, -0.1) is 0 Å². The molecule has 0 aromatic carbocycles. The molecule has 0 unspecified atom stereocenters. The second-order valence-electron chi connectivity index (χ2n) is 3.12. The molecule has 0 bridgehead atoms. The first kappa shape index (κ1) is 8.83. The van der Waals surface area contributed by atoms with E-state index in [1.165, 1.54) is 6.92 Å². The Labute approximate surface area is 69.6 Å². The largest absolute Gasteiger partial charge is 0.480 e. The third kappa shape index (κ3) is 1.11. The third-order valence-electron chi connectivity index (χ3n) is 2.33. The van der Waals surface area contributed by atoms with Crippen LogP contribution in [0, 0.1) is 0 Å². The van der Waals surface area contributed by atoms with Crippen LogP contribution in [0.25, 0.3) is 0 Å². The Bertz CT molecular complexity index is 227. The predicted molar refractivity (Wildman–Crippen MR) is 40.0 cm³/mol. The highest BCUT2D eigenvalue weighted by molar-refractivity contribution is 5.84. The summed E-state index contributed by atoms with van der Waals surface area (Å²) in [4.78, 5) is 22.3. The summed E-state index contributed by atoms with van der Waals surface area (Å²) in [6.07, 6.45) is -0.138. The first-order valence-electron chi connectivity index (χ1n) is 3.72. The minimum Gasteiger partial charge on any atom is -0.480 e. The Kier molecular flexibility index (Phi) is 1.95. The zero-order chi connectivity index (χ0) is 9.35. The molecule has 0 radical (unpaired) electrons. The van der Waals surface area contributed by atoms with E-state index in [4.69, 9.17) is 10.2 Å². The van der Waals surface area contributed by atoms with Crippen LogP contribution in [-0.4, -0.2) is 39.3 Å². The highest BCUT2D eigenvalue weighted by Crippen LogP contribution is 2.28. The zero-order valence-electron chi connectivity index (χ0n) is 6.78. The summed E-state index contributed by atoms with van der Waals surface area (Å²) in [5, 5.41) is 17.4. The lowest BCUT2D eigenvalue weighted by atomic mass is 10.00. The molecule has 68 valence electrons. The number of amides is 1. The Hall–Kier alpha value is -1.26. The van der Waals surface area contributed by atoms with E-state index in [9.17, 15) is 9.59 Å². The molecular formula is C7H11NO4. The molecule has 5 heteroatoms. The molecule has 1 fully saturated rings. The van der Waals surface area contributed by atoms with E-state index in [0.717, 1.165) is 4.90 Å². The normalized spacial score (nSPS) is 28.9. The van der Waals surface area contributed by atoms with Gasteiger partial charge in [0.25, 0.3) is 0 Å². The van der Waals surface area contributed by atoms with Crippen LogP contribution >= 0.6 is 0 Å². The molecule has 1 aliphatic heterocycles. The molecule has 1 amide bonds. The Morgan fingerprint density at radius 1 is 1.42 bits per heavy atom. The SMILES string of the molecule is C[C@@]1(C(=O)O)CCCN1C(=O)O. The molecule has 0 saturated carbocycles. The van der Waals surface area contributed by atoms with Gasteiger partial charge in [-0.2, -0.15) is 0 Å². The maximum Gasteiger partial charge on any atom is 0.408 e. The Balaban J connectivity index is 2.89. The van der Waals surface area contributed by atoms with Crippen molar-refractivity contribution >= 4 is 12.1 Å². The number of hydrogen-bond acceptors (Lipinski definition) is 2. The standard InChI is InChI=1S/C7H11NO4/c1-7(5(9)10)3-2-4-8(7)6(11)12/h2-4H2,1H3,(H,9,10)(H,11,12)/t7-/m0/s1. The second-order valence-corrected chi connectivity index (χ2v) is 3.12. The van der Waals surface area contributed by atoms with Crippen molar-refractivity contribution in [1.29, 1.82) is 0 Å². The van der Waals surface area contributed by atoms with Gasteiger partial charge in [0.1, 0.15) is 5.54 Å². The fraction of sp³-hybridized carbons (Fsp3) is 0.714. The molecule has 1 saturated heterocycles. The lowest BCUT2D eigenvalue weighted by molar-refractivity contribution is -0.147. The maximum absolute atomic E-state index is 10.7. The molecule has 1 aliphatic rings. The lowest BCUT2D eigenvalue weighted by Crippen LogP contribution is -2.50. The van der Waals surface area contributed by atoms with Crippen LogP contribution in [0.2, 0.25) is 0 Å². The average molecular weight is 173 g/mol. The second kappa shape index (κ2) is 2.66. The smallest absolute Gasteiger partial charge is 0.408 e. The summed E-state index contributed by atoms with van der Waals surface area (Å²) in [7, 11) is 0. The Morgan fingerprint density at radius 2 is 2.00 bits per heavy atom. The summed E-state index contributed by atoms with van der Waals surface area (Å²) in [5.41, 5.74) is -1.22. The van der Waals surface area contributed by atoms with Gasteiger partial charge in [0.15, 0.2) is 0 Å². The maximum atomic E-state index is 10.7. The molecule has 1 rings (SSSR count). The lowest BCUT2D eigenvalue weighted by Gasteiger charge is -2.28. The first-order chi connectivity index (χ1) is 5.48. The molecule has 0 spiro atoms. The summed E-state index contributed by atoms with van der Waals surface area (Å²) in [5.74, 6) is -1.07. The Morgan fingerprint density at radius 3 is 2.33 bits per heavy atom. The van der Waals surface area contributed by atoms with Crippen molar-refractivity contribution in [2.24, 2.45) is 0 Å². The summed E-state index contributed by atoms with van der Waals surface area (Å²) < 4.78 is 0. The minimum atomic E-state index is -1.22. The van der Waals surface area contributed by atoms with E-state index >= 15 is 0 Å². The van der Waals surface area contributed by atoms with Crippen molar-refractivity contribution in [3.8, 4) is 0 Å². The molecule has 1 heterocycles. The highest BCUT2D eigenvalue weighted by Gasteiger charge is 2.46. The molecule has 0 aromatic heterocycles. The van der Waals surface area contributed by atoms with Crippen molar-refractivity contribution in [2.75, 3.05) is 6.54 Å². The molecular weight excluding hydrogens is 162 g/mol. The van der Waals surface area contributed by atoms with E-state index in [2.05, 4.69) is 0 Å². The molecule has 0 aromatic rings. The number of likely N-dealkylation sites (tertiary alicyclic amines) is 1.